The highest BCUT2D eigenvalue weighted by Gasteiger charge is 2.28. The second-order valence-electron chi connectivity index (χ2n) is 5.13. The number of likely N-dealkylation sites (tertiary alicyclic amines) is 1. The molecule has 102 valence electrons. The highest BCUT2D eigenvalue weighted by atomic mass is 16.5. The van der Waals surface area contributed by atoms with Crippen LogP contribution in [0.5, 0.6) is 11.5 Å². The van der Waals surface area contributed by atoms with Gasteiger partial charge in [-0.2, -0.15) is 0 Å². The maximum atomic E-state index is 11.6. The van der Waals surface area contributed by atoms with Crippen LogP contribution in [0.4, 0.5) is 0 Å². The van der Waals surface area contributed by atoms with E-state index in [0.29, 0.717) is 13.2 Å². The molecule has 2 aliphatic heterocycles. The Balaban J connectivity index is 1.89. The molecule has 2 heterocycles. The average molecular weight is 261 g/mol. The maximum Gasteiger partial charge on any atom is 0.219 e. The van der Waals surface area contributed by atoms with Gasteiger partial charge in [-0.3, -0.25) is 4.79 Å². The van der Waals surface area contributed by atoms with Crippen molar-refractivity contribution in [3.63, 3.8) is 0 Å². The number of nitrogens with zero attached hydrogens (tertiary/aromatic N) is 1. The summed E-state index contributed by atoms with van der Waals surface area (Å²) in [5, 5.41) is 0. The molecule has 4 heteroatoms. The van der Waals surface area contributed by atoms with Gasteiger partial charge >= 0.3 is 0 Å². The van der Waals surface area contributed by atoms with Crippen molar-refractivity contribution in [1.82, 2.24) is 4.90 Å². The Morgan fingerprint density at radius 1 is 1.21 bits per heavy atom. The molecule has 0 aliphatic carbocycles. The summed E-state index contributed by atoms with van der Waals surface area (Å²) >= 11 is 0. The third kappa shape index (κ3) is 2.39. The van der Waals surface area contributed by atoms with Gasteiger partial charge in [0.25, 0.3) is 0 Å². The number of carbonyl (C=O) groups excluding carboxylic acids is 1. The van der Waals surface area contributed by atoms with Crippen molar-refractivity contribution in [2.75, 3.05) is 19.8 Å². The lowest BCUT2D eigenvalue weighted by Gasteiger charge is -2.24. The van der Waals surface area contributed by atoms with Crippen molar-refractivity contribution in [3.8, 4) is 11.5 Å². The van der Waals surface area contributed by atoms with Crippen molar-refractivity contribution in [2.24, 2.45) is 0 Å². The SMILES string of the molecule is CC(=O)N1CCC[C@@H]1c1ccc2c(c1)OCCCO2. The lowest BCUT2D eigenvalue weighted by molar-refractivity contribution is -0.129. The molecular formula is C15H19NO3. The number of carbonyl (C=O) groups is 1. The molecule has 1 fully saturated rings. The summed E-state index contributed by atoms with van der Waals surface area (Å²) in [4.78, 5) is 13.6. The minimum absolute atomic E-state index is 0.148. The van der Waals surface area contributed by atoms with E-state index in [4.69, 9.17) is 9.47 Å². The molecule has 19 heavy (non-hydrogen) atoms. The van der Waals surface area contributed by atoms with Gasteiger partial charge in [0, 0.05) is 19.9 Å². The van der Waals surface area contributed by atoms with Gasteiger partial charge in [-0.25, -0.2) is 0 Å². The fraction of sp³-hybridized carbons (Fsp3) is 0.533. The van der Waals surface area contributed by atoms with Gasteiger partial charge in [0.05, 0.1) is 19.3 Å². The van der Waals surface area contributed by atoms with Crippen molar-refractivity contribution >= 4 is 5.91 Å². The van der Waals surface area contributed by atoms with Gasteiger partial charge in [0.15, 0.2) is 11.5 Å². The molecule has 3 rings (SSSR count). The van der Waals surface area contributed by atoms with Crippen molar-refractivity contribution in [3.05, 3.63) is 23.8 Å². The summed E-state index contributed by atoms with van der Waals surface area (Å²) in [6, 6.07) is 6.24. The molecule has 0 bridgehead atoms. The van der Waals surface area contributed by atoms with E-state index < -0.39 is 0 Å². The Morgan fingerprint density at radius 2 is 2.00 bits per heavy atom. The second kappa shape index (κ2) is 5.11. The van der Waals surface area contributed by atoms with E-state index in [1.54, 1.807) is 6.92 Å². The summed E-state index contributed by atoms with van der Waals surface area (Å²) < 4.78 is 11.4. The Bertz CT molecular complexity index is 486. The number of hydrogen-bond donors (Lipinski definition) is 0. The molecule has 1 aromatic rings. The van der Waals surface area contributed by atoms with E-state index in [0.717, 1.165) is 42.9 Å². The molecule has 1 atom stereocenters. The zero-order valence-corrected chi connectivity index (χ0v) is 11.2. The van der Waals surface area contributed by atoms with Crippen LogP contribution in [0.2, 0.25) is 0 Å². The molecule has 1 saturated heterocycles. The summed E-state index contributed by atoms with van der Waals surface area (Å²) in [5.74, 6) is 1.77. The average Bonchev–Trinajstić information content (AvgIpc) is 2.78. The van der Waals surface area contributed by atoms with Crippen LogP contribution in [0, 0.1) is 0 Å². The van der Waals surface area contributed by atoms with E-state index in [2.05, 4.69) is 6.07 Å². The number of fused-ring (bicyclic) bond motifs is 1. The van der Waals surface area contributed by atoms with Gasteiger partial charge in [0.1, 0.15) is 0 Å². The number of rotatable bonds is 1. The number of hydrogen-bond acceptors (Lipinski definition) is 3. The molecule has 0 saturated carbocycles. The maximum absolute atomic E-state index is 11.6. The molecule has 0 radical (unpaired) electrons. The van der Waals surface area contributed by atoms with E-state index in [1.807, 2.05) is 17.0 Å². The van der Waals surface area contributed by atoms with Crippen LogP contribution in [0.1, 0.15) is 37.8 Å². The van der Waals surface area contributed by atoms with Crippen LogP contribution in [0.3, 0.4) is 0 Å². The van der Waals surface area contributed by atoms with Gasteiger partial charge in [0.2, 0.25) is 5.91 Å². The van der Waals surface area contributed by atoms with Gasteiger partial charge < -0.3 is 14.4 Å². The smallest absolute Gasteiger partial charge is 0.219 e. The third-order valence-corrected chi connectivity index (χ3v) is 3.81. The predicted octanol–water partition coefficient (Wildman–Crippen LogP) is 2.53. The molecule has 1 amide bonds. The molecule has 0 spiro atoms. The van der Waals surface area contributed by atoms with Crippen LogP contribution in [0.25, 0.3) is 0 Å². The molecule has 0 aromatic heterocycles. The molecular weight excluding hydrogens is 242 g/mol. The highest BCUT2D eigenvalue weighted by Crippen LogP contribution is 2.37. The van der Waals surface area contributed by atoms with E-state index >= 15 is 0 Å². The first-order valence-corrected chi connectivity index (χ1v) is 6.92. The zero-order valence-electron chi connectivity index (χ0n) is 11.2. The first-order chi connectivity index (χ1) is 9.25. The molecule has 4 nitrogen and oxygen atoms in total. The van der Waals surface area contributed by atoms with Gasteiger partial charge in [-0.15, -0.1) is 0 Å². The van der Waals surface area contributed by atoms with E-state index in [1.165, 1.54) is 0 Å². The van der Waals surface area contributed by atoms with Crippen molar-refractivity contribution in [1.29, 1.82) is 0 Å². The monoisotopic (exact) mass is 261 g/mol. The molecule has 0 N–H and O–H groups in total. The quantitative estimate of drug-likeness (QED) is 0.779. The number of ether oxygens (including phenoxy) is 2. The van der Waals surface area contributed by atoms with Crippen LogP contribution >= 0.6 is 0 Å². The van der Waals surface area contributed by atoms with Crippen LogP contribution < -0.4 is 9.47 Å². The Morgan fingerprint density at radius 3 is 2.79 bits per heavy atom. The Hall–Kier alpha value is -1.71. The highest BCUT2D eigenvalue weighted by molar-refractivity contribution is 5.74. The molecule has 1 aromatic carbocycles. The zero-order chi connectivity index (χ0) is 13.2. The fourth-order valence-electron chi connectivity index (χ4n) is 2.88. The third-order valence-electron chi connectivity index (χ3n) is 3.81. The largest absolute Gasteiger partial charge is 0.490 e. The van der Waals surface area contributed by atoms with Crippen LogP contribution in [-0.2, 0) is 4.79 Å². The lowest BCUT2D eigenvalue weighted by atomic mass is 10.0. The summed E-state index contributed by atoms with van der Waals surface area (Å²) in [6.07, 6.45) is 3.00. The predicted molar refractivity (Wildman–Crippen MR) is 71.4 cm³/mol. The summed E-state index contributed by atoms with van der Waals surface area (Å²) in [7, 11) is 0. The first-order valence-electron chi connectivity index (χ1n) is 6.92. The first kappa shape index (κ1) is 12.3. The fourth-order valence-corrected chi connectivity index (χ4v) is 2.88. The normalized spacial score (nSPS) is 22.2. The summed E-state index contributed by atoms with van der Waals surface area (Å²) in [5.41, 5.74) is 1.15. The second-order valence-corrected chi connectivity index (χ2v) is 5.13. The van der Waals surface area contributed by atoms with Crippen LogP contribution in [0.15, 0.2) is 18.2 Å². The molecule has 0 unspecified atom stereocenters. The van der Waals surface area contributed by atoms with E-state index in [9.17, 15) is 4.79 Å². The number of benzene rings is 1. The topological polar surface area (TPSA) is 38.8 Å². The number of amides is 1. The standard InChI is InChI=1S/C15H19NO3/c1-11(17)16-7-2-4-13(16)12-5-6-14-15(10-12)19-9-3-8-18-14/h5-6,10,13H,2-4,7-9H2,1H3/t13-/m1/s1. The van der Waals surface area contributed by atoms with Crippen LogP contribution in [-0.4, -0.2) is 30.6 Å². The minimum atomic E-state index is 0.148. The van der Waals surface area contributed by atoms with Gasteiger partial charge in [-0.1, -0.05) is 6.07 Å². The Kier molecular flexibility index (Phi) is 3.32. The summed E-state index contributed by atoms with van der Waals surface area (Å²) in [6.45, 7) is 3.89. The molecule has 2 aliphatic rings. The minimum Gasteiger partial charge on any atom is -0.490 e. The van der Waals surface area contributed by atoms with E-state index in [-0.39, 0.29) is 11.9 Å². The van der Waals surface area contributed by atoms with Crippen molar-refractivity contribution in [2.45, 2.75) is 32.2 Å². The van der Waals surface area contributed by atoms with Crippen molar-refractivity contribution < 1.29 is 14.3 Å². The van der Waals surface area contributed by atoms with Gasteiger partial charge in [-0.05, 0) is 30.5 Å². The lowest BCUT2D eigenvalue weighted by Crippen LogP contribution is -2.28. The Labute approximate surface area is 113 Å².